The van der Waals surface area contributed by atoms with Crippen LogP contribution in [-0.2, 0) is 6.42 Å². The van der Waals surface area contributed by atoms with Crippen LogP contribution in [0.25, 0.3) is 16.5 Å². The van der Waals surface area contributed by atoms with Crippen LogP contribution in [0.4, 0.5) is 11.8 Å². The quantitative estimate of drug-likeness (QED) is 0.567. The van der Waals surface area contributed by atoms with Crippen LogP contribution < -0.4 is 11.1 Å². The van der Waals surface area contributed by atoms with Gasteiger partial charge >= 0.3 is 0 Å². The molecule has 3 rings (SSSR count). The SMILES string of the molecule is C=C(Cc1ccc2ccccc2n1)c1cnc(N)nc1N[C@H](CO)CCC. The summed E-state index contributed by atoms with van der Waals surface area (Å²) in [7, 11) is 0. The van der Waals surface area contributed by atoms with Crippen molar-refractivity contribution in [2.24, 2.45) is 0 Å². The van der Waals surface area contributed by atoms with Crippen molar-refractivity contribution in [3.63, 3.8) is 0 Å². The average molecular weight is 363 g/mol. The van der Waals surface area contributed by atoms with Crippen molar-refractivity contribution in [3.05, 3.63) is 60.4 Å². The van der Waals surface area contributed by atoms with Gasteiger partial charge in [0.1, 0.15) is 5.82 Å². The molecule has 6 nitrogen and oxygen atoms in total. The number of allylic oxidation sites excluding steroid dienone is 1. The van der Waals surface area contributed by atoms with Gasteiger partial charge in [-0.15, -0.1) is 0 Å². The number of nitrogens with two attached hydrogens (primary N) is 1. The molecule has 140 valence electrons. The van der Waals surface area contributed by atoms with Crippen molar-refractivity contribution in [1.29, 1.82) is 0 Å². The fraction of sp³-hybridized carbons (Fsp3) is 0.286. The number of hydrogen-bond acceptors (Lipinski definition) is 6. The number of pyridine rings is 1. The summed E-state index contributed by atoms with van der Waals surface area (Å²) in [6.45, 7) is 6.30. The number of aromatic nitrogens is 3. The van der Waals surface area contributed by atoms with E-state index < -0.39 is 0 Å². The van der Waals surface area contributed by atoms with Crippen LogP contribution in [0.3, 0.4) is 0 Å². The van der Waals surface area contributed by atoms with Gasteiger partial charge in [0.2, 0.25) is 5.95 Å². The predicted octanol–water partition coefficient (Wildman–Crippen LogP) is 3.44. The van der Waals surface area contributed by atoms with Crippen LogP contribution in [0.15, 0.2) is 49.2 Å². The minimum atomic E-state index is -0.0883. The van der Waals surface area contributed by atoms with Crippen molar-refractivity contribution in [3.8, 4) is 0 Å². The summed E-state index contributed by atoms with van der Waals surface area (Å²) in [5.41, 5.74) is 9.28. The molecule has 27 heavy (non-hydrogen) atoms. The first-order valence-corrected chi connectivity index (χ1v) is 9.13. The highest BCUT2D eigenvalue weighted by Gasteiger charge is 2.14. The highest BCUT2D eigenvalue weighted by atomic mass is 16.3. The molecule has 1 aromatic carbocycles. The number of anilines is 2. The van der Waals surface area contributed by atoms with Crippen LogP contribution in [0.2, 0.25) is 0 Å². The van der Waals surface area contributed by atoms with Crippen molar-refractivity contribution < 1.29 is 5.11 Å². The number of benzene rings is 1. The number of fused-ring (bicyclic) bond motifs is 1. The van der Waals surface area contributed by atoms with Crippen LogP contribution in [-0.4, -0.2) is 32.7 Å². The van der Waals surface area contributed by atoms with Gasteiger partial charge in [0.15, 0.2) is 0 Å². The molecule has 0 spiro atoms. The first kappa shape index (κ1) is 18.8. The summed E-state index contributed by atoms with van der Waals surface area (Å²) in [5.74, 6) is 0.784. The maximum atomic E-state index is 9.58. The van der Waals surface area contributed by atoms with E-state index in [2.05, 4.69) is 34.9 Å². The van der Waals surface area contributed by atoms with Crippen LogP contribution in [0.1, 0.15) is 31.0 Å². The molecule has 0 radical (unpaired) electrons. The zero-order chi connectivity index (χ0) is 19.2. The molecular formula is C21H25N5O. The molecule has 1 atom stereocenters. The smallest absolute Gasteiger partial charge is 0.221 e. The molecule has 0 saturated carbocycles. The summed E-state index contributed by atoms with van der Waals surface area (Å²) in [5, 5.41) is 14.0. The van der Waals surface area contributed by atoms with Gasteiger partial charge in [-0.05, 0) is 24.1 Å². The van der Waals surface area contributed by atoms with Crippen LogP contribution >= 0.6 is 0 Å². The Labute approximate surface area is 159 Å². The van der Waals surface area contributed by atoms with E-state index in [1.165, 1.54) is 0 Å². The average Bonchev–Trinajstić information content (AvgIpc) is 2.67. The fourth-order valence-electron chi connectivity index (χ4n) is 3.04. The minimum Gasteiger partial charge on any atom is -0.394 e. The Kier molecular flexibility index (Phi) is 5.98. The molecule has 4 N–H and O–H groups in total. The number of rotatable bonds is 8. The summed E-state index contributed by atoms with van der Waals surface area (Å²) in [6, 6.07) is 12.0. The molecule has 0 aliphatic heterocycles. The Morgan fingerprint density at radius 1 is 1.22 bits per heavy atom. The second-order valence-electron chi connectivity index (χ2n) is 6.58. The number of aliphatic hydroxyl groups excluding tert-OH is 1. The molecule has 0 fully saturated rings. The number of aliphatic hydroxyl groups is 1. The lowest BCUT2D eigenvalue weighted by Gasteiger charge is -2.19. The third-order valence-electron chi connectivity index (χ3n) is 4.44. The lowest BCUT2D eigenvalue weighted by atomic mass is 10.0. The van der Waals surface area contributed by atoms with E-state index in [4.69, 9.17) is 10.7 Å². The molecule has 0 amide bonds. The normalized spacial score (nSPS) is 12.1. The van der Waals surface area contributed by atoms with Gasteiger partial charge in [-0.1, -0.05) is 44.2 Å². The summed E-state index contributed by atoms with van der Waals surface area (Å²) in [4.78, 5) is 13.1. The number of hydrogen-bond donors (Lipinski definition) is 3. The van der Waals surface area contributed by atoms with Crippen molar-refractivity contribution in [2.75, 3.05) is 17.7 Å². The molecule has 0 aliphatic carbocycles. The number of para-hydroxylation sites is 1. The molecule has 0 saturated heterocycles. The van der Waals surface area contributed by atoms with E-state index >= 15 is 0 Å². The van der Waals surface area contributed by atoms with E-state index in [9.17, 15) is 5.11 Å². The van der Waals surface area contributed by atoms with Crippen molar-refractivity contribution in [2.45, 2.75) is 32.2 Å². The third kappa shape index (κ3) is 4.60. The van der Waals surface area contributed by atoms with Gasteiger partial charge in [0.05, 0.1) is 18.2 Å². The molecule has 0 aliphatic rings. The molecule has 0 bridgehead atoms. The second kappa shape index (κ2) is 8.60. The molecule has 6 heteroatoms. The highest BCUT2D eigenvalue weighted by molar-refractivity contribution is 5.79. The summed E-state index contributed by atoms with van der Waals surface area (Å²) < 4.78 is 0. The zero-order valence-corrected chi connectivity index (χ0v) is 15.5. The lowest BCUT2D eigenvalue weighted by Crippen LogP contribution is -2.25. The molecule has 3 aromatic rings. The van der Waals surface area contributed by atoms with Gasteiger partial charge in [-0.25, -0.2) is 4.98 Å². The third-order valence-corrected chi connectivity index (χ3v) is 4.44. The topological polar surface area (TPSA) is 97.0 Å². The Hall–Kier alpha value is -2.99. The van der Waals surface area contributed by atoms with Gasteiger partial charge < -0.3 is 16.2 Å². The first-order chi connectivity index (χ1) is 13.1. The maximum Gasteiger partial charge on any atom is 0.221 e. The lowest BCUT2D eigenvalue weighted by molar-refractivity contribution is 0.268. The van der Waals surface area contributed by atoms with E-state index in [1.54, 1.807) is 6.20 Å². The van der Waals surface area contributed by atoms with E-state index in [-0.39, 0.29) is 18.6 Å². The Bertz CT molecular complexity index is 941. The van der Waals surface area contributed by atoms with E-state index in [0.717, 1.165) is 40.6 Å². The van der Waals surface area contributed by atoms with Crippen molar-refractivity contribution >= 4 is 28.2 Å². The van der Waals surface area contributed by atoms with Gasteiger partial charge in [-0.3, -0.25) is 4.98 Å². The van der Waals surface area contributed by atoms with E-state index in [1.807, 2.05) is 30.3 Å². The minimum absolute atomic E-state index is 0.0237. The number of nitrogen functional groups attached to an aromatic ring is 1. The van der Waals surface area contributed by atoms with Crippen LogP contribution in [0, 0.1) is 0 Å². The molecule has 2 heterocycles. The summed E-state index contributed by atoms with van der Waals surface area (Å²) in [6.07, 6.45) is 4.04. The fourth-order valence-corrected chi connectivity index (χ4v) is 3.04. The predicted molar refractivity (Wildman–Crippen MR) is 110 cm³/mol. The largest absolute Gasteiger partial charge is 0.394 e. The van der Waals surface area contributed by atoms with Crippen molar-refractivity contribution in [1.82, 2.24) is 15.0 Å². The Morgan fingerprint density at radius 3 is 2.81 bits per heavy atom. The van der Waals surface area contributed by atoms with Gasteiger partial charge in [0, 0.05) is 29.3 Å². The van der Waals surface area contributed by atoms with E-state index in [0.29, 0.717) is 12.2 Å². The maximum absolute atomic E-state index is 9.58. The molecular weight excluding hydrogens is 338 g/mol. The number of nitrogens with one attached hydrogen (secondary N) is 1. The number of nitrogens with zero attached hydrogens (tertiary/aromatic N) is 3. The Balaban J connectivity index is 1.84. The Morgan fingerprint density at radius 2 is 2.04 bits per heavy atom. The van der Waals surface area contributed by atoms with Gasteiger partial charge in [-0.2, -0.15) is 4.98 Å². The molecule has 0 unspecified atom stereocenters. The van der Waals surface area contributed by atoms with Gasteiger partial charge in [0.25, 0.3) is 0 Å². The van der Waals surface area contributed by atoms with Crippen LogP contribution in [0.5, 0.6) is 0 Å². The zero-order valence-electron chi connectivity index (χ0n) is 15.5. The first-order valence-electron chi connectivity index (χ1n) is 9.13. The highest BCUT2D eigenvalue weighted by Crippen LogP contribution is 2.25. The second-order valence-corrected chi connectivity index (χ2v) is 6.58. The molecule has 2 aromatic heterocycles. The summed E-state index contributed by atoms with van der Waals surface area (Å²) >= 11 is 0. The standard InChI is InChI=1S/C21H25N5O/c1-3-6-17(13-27)25-20-18(12-23-21(22)26-20)14(2)11-16-10-9-15-7-4-5-8-19(15)24-16/h4-5,7-10,12,17,27H,2-3,6,11,13H2,1H3,(H3,22,23,25,26)/t17-/m0/s1. The monoisotopic (exact) mass is 363 g/mol.